The van der Waals surface area contributed by atoms with E-state index in [1.54, 1.807) is 0 Å². The van der Waals surface area contributed by atoms with Crippen molar-refractivity contribution in [3.63, 3.8) is 0 Å². The highest BCUT2D eigenvalue weighted by molar-refractivity contribution is 5.88. The van der Waals surface area contributed by atoms with Gasteiger partial charge in [0.1, 0.15) is 11.6 Å². The molecule has 0 bridgehead atoms. The third-order valence-corrected chi connectivity index (χ3v) is 9.80. The molecule has 29 heavy (non-hydrogen) atoms. The molecule has 2 nitrogen and oxygen atoms in total. The summed E-state index contributed by atoms with van der Waals surface area (Å²) in [4.78, 5) is 25.7. The van der Waals surface area contributed by atoms with Crippen LogP contribution in [0.15, 0.2) is 11.6 Å². The van der Waals surface area contributed by atoms with E-state index in [-0.39, 0.29) is 16.7 Å². The number of fused-ring (bicyclic) bond motifs is 5. The van der Waals surface area contributed by atoms with Crippen molar-refractivity contribution in [3.8, 4) is 0 Å². The first kappa shape index (κ1) is 21.3. The molecule has 3 fully saturated rings. The Balaban J connectivity index is 1.57. The lowest BCUT2D eigenvalue weighted by Crippen LogP contribution is -2.53. The third-order valence-electron chi connectivity index (χ3n) is 9.80. The molecule has 0 unspecified atom stereocenters. The van der Waals surface area contributed by atoms with Gasteiger partial charge in [0.2, 0.25) is 0 Å². The number of Topliss-reactive ketones (excluding diaryl/α,β-unsaturated/α-hetero) is 2. The fourth-order valence-corrected chi connectivity index (χ4v) is 8.16. The van der Waals surface area contributed by atoms with Gasteiger partial charge in [-0.1, -0.05) is 65.5 Å². The molecule has 0 aromatic rings. The second-order valence-corrected chi connectivity index (χ2v) is 12.0. The van der Waals surface area contributed by atoms with Crippen LogP contribution in [0.25, 0.3) is 0 Å². The lowest BCUT2D eigenvalue weighted by Gasteiger charge is -2.56. The zero-order valence-corrected chi connectivity index (χ0v) is 19.4. The summed E-state index contributed by atoms with van der Waals surface area (Å²) in [5.41, 5.74) is 1.68. The van der Waals surface area contributed by atoms with Gasteiger partial charge in [0.15, 0.2) is 0 Å². The largest absolute Gasteiger partial charge is 0.300 e. The number of hydrogen-bond acceptors (Lipinski definition) is 2. The van der Waals surface area contributed by atoms with Crippen molar-refractivity contribution >= 4 is 11.6 Å². The quantitative estimate of drug-likeness (QED) is 0.479. The Hall–Kier alpha value is -0.920. The van der Waals surface area contributed by atoms with E-state index in [9.17, 15) is 9.59 Å². The van der Waals surface area contributed by atoms with Crippen molar-refractivity contribution in [1.29, 1.82) is 0 Å². The highest BCUT2D eigenvalue weighted by atomic mass is 16.1. The van der Waals surface area contributed by atoms with E-state index in [2.05, 4.69) is 40.7 Å². The van der Waals surface area contributed by atoms with Gasteiger partial charge >= 0.3 is 0 Å². The number of carbonyl (C=O) groups is 2. The summed E-state index contributed by atoms with van der Waals surface area (Å²) in [6.45, 7) is 11.9. The molecular weight excluding hydrogens is 356 g/mol. The van der Waals surface area contributed by atoms with E-state index in [1.165, 1.54) is 37.7 Å². The molecule has 0 aliphatic heterocycles. The van der Waals surface area contributed by atoms with Crippen LogP contribution >= 0.6 is 0 Å². The Kier molecular flexibility index (Phi) is 5.62. The van der Waals surface area contributed by atoms with Gasteiger partial charge < -0.3 is 0 Å². The molecule has 0 heterocycles. The molecule has 0 N–H and O–H groups in total. The van der Waals surface area contributed by atoms with Crippen molar-refractivity contribution in [2.75, 3.05) is 0 Å². The summed E-state index contributed by atoms with van der Waals surface area (Å²) in [5, 5.41) is 0. The van der Waals surface area contributed by atoms with Gasteiger partial charge in [-0.3, -0.25) is 9.59 Å². The summed E-state index contributed by atoms with van der Waals surface area (Å²) in [6.07, 6.45) is 13.0. The molecule has 0 aromatic carbocycles. The number of carbonyl (C=O) groups excluding carboxylic acids is 2. The van der Waals surface area contributed by atoms with Crippen LogP contribution in [0.5, 0.6) is 0 Å². The van der Waals surface area contributed by atoms with Crippen LogP contribution in [-0.2, 0) is 9.59 Å². The average molecular weight is 399 g/mol. The van der Waals surface area contributed by atoms with Crippen molar-refractivity contribution in [1.82, 2.24) is 0 Å². The molecule has 0 amide bonds. The summed E-state index contributed by atoms with van der Waals surface area (Å²) >= 11 is 0. The van der Waals surface area contributed by atoms with E-state index >= 15 is 0 Å². The lowest BCUT2D eigenvalue weighted by atomic mass is 9.47. The summed E-state index contributed by atoms with van der Waals surface area (Å²) < 4.78 is 0. The first-order valence-electron chi connectivity index (χ1n) is 12.4. The minimum absolute atomic E-state index is 0.0252. The normalized spacial score (nSPS) is 42.9. The first-order valence-corrected chi connectivity index (χ1v) is 12.4. The van der Waals surface area contributed by atoms with Gasteiger partial charge in [-0.05, 0) is 66.1 Å². The Morgan fingerprint density at radius 2 is 1.83 bits per heavy atom. The molecule has 0 spiro atoms. The zero-order chi connectivity index (χ0) is 21.0. The van der Waals surface area contributed by atoms with Gasteiger partial charge in [0.25, 0.3) is 0 Å². The molecule has 4 rings (SSSR count). The SMILES string of the molecule is CC(C)CCC[C@@H](C)[C@H]1CC[C@H]2C3=CC[C@H]4CC(=O)CC[C@]4(C)[C@@H]3C(=O)C[C@]12C. The van der Waals surface area contributed by atoms with Crippen molar-refractivity contribution in [2.24, 2.45) is 46.3 Å². The molecule has 0 aromatic heterocycles. The minimum atomic E-state index is 0.0252. The van der Waals surface area contributed by atoms with E-state index in [0.717, 1.165) is 25.2 Å². The van der Waals surface area contributed by atoms with Crippen LogP contribution in [0, 0.1) is 46.3 Å². The molecule has 7 atom stereocenters. The van der Waals surface area contributed by atoms with E-state index in [1.807, 2.05) is 0 Å². The maximum absolute atomic E-state index is 13.7. The summed E-state index contributed by atoms with van der Waals surface area (Å²) in [6, 6.07) is 0. The third kappa shape index (κ3) is 3.47. The first-order chi connectivity index (χ1) is 13.7. The van der Waals surface area contributed by atoms with Gasteiger partial charge in [-0.2, -0.15) is 0 Å². The molecule has 4 aliphatic rings. The predicted octanol–water partition coefficient (Wildman–Crippen LogP) is 6.78. The number of allylic oxidation sites excluding steroid dienone is 2. The van der Waals surface area contributed by atoms with Crippen LogP contribution < -0.4 is 0 Å². The Labute approximate surface area is 178 Å². The summed E-state index contributed by atoms with van der Waals surface area (Å²) in [5.74, 6) is 4.18. The topological polar surface area (TPSA) is 34.1 Å². The minimum Gasteiger partial charge on any atom is -0.300 e. The molecular formula is C27H42O2. The van der Waals surface area contributed by atoms with Crippen LogP contribution in [0.3, 0.4) is 0 Å². The molecule has 3 saturated carbocycles. The van der Waals surface area contributed by atoms with Crippen LogP contribution in [0.2, 0.25) is 0 Å². The van der Waals surface area contributed by atoms with E-state index in [0.29, 0.717) is 48.1 Å². The van der Waals surface area contributed by atoms with Crippen LogP contribution in [-0.4, -0.2) is 11.6 Å². The second kappa shape index (κ2) is 7.65. The average Bonchev–Trinajstić information content (AvgIpc) is 2.98. The molecule has 2 heteroatoms. The Bertz CT molecular complexity index is 703. The van der Waals surface area contributed by atoms with Gasteiger partial charge in [-0.25, -0.2) is 0 Å². The van der Waals surface area contributed by atoms with Crippen molar-refractivity contribution in [3.05, 3.63) is 11.6 Å². The number of hydrogen-bond donors (Lipinski definition) is 0. The fourth-order valence-electron chi connectivity index (χ4n) is 8.16. The molecule has 4 aliphatic carbocycles. The monoisotopic (exact) mass is 398 g/mol. The zero-order valence-electron chi connectivity index (χ0n) is 19.4. The Morgan fingerprint density at radius 3 is 2.55 bits per heavy atom. The molecule has 0 saturated heterocycles. The van der Waals surface area contributed by atoms with E-state index in [4.69, 9.17) is 0 Å². The fraction of sp³-hybridized carbons (Fsp3) is 0.852. The lowest BCUT2D eigenvalue weighted by molar-refractivity contribution is -0.140. The smallest absolute Gasteiger partial charge is 0.141 e. The molecule has 0 radical (unpaired) electrons. The number of ketones is 2. The summed E-state index contributed by atoms with van der Waals surface area (Å²) in [7, 11) is 0. The van der Waals surface area contributed by atoms with Crippen molar-refractivity contribution in [2.45, 2.75) is 98.8 Å². The van der Waals surface area contributed by atoms with Gasteiger partial charge in [0, 0.05) is 25.2 Å². The maximum Gasteiger partial charge on any atom is 0.141 e. The van der Waals surface area contributed by atoms with Crippen LogP contribution in [0.4, 0.5) is 0 Å². The van der Waals surface area contributed by atoms with Gasteiger partial charge in [-0.15, -0.1) is 0 Å². The highest BCUT2D eigenvalue weighted by Crippen LogP contribution is 2.65. The second-order valence-electron chi connectivity index (χ2n) is 12.0. The van der Waals surface area contributed by atoms with Crippen LogP contribution in [0.1, 0.15) is 98.8 Å². The number of rotatable bonds is 5. The van der Waals surface area contributed by atoms with Gasteiger partial charge in [0.05, 0.1) is 0 Å². The highest BCUT2D eigenvalue weighted by Gasteiger charge is 2.61. The predicted molar refractivity (Wildman–Crippen MR) is 118 cm³/mol. The molecule has 162 valence electrons. The van der Waals surface area contributed by atoms with Crippen molar-refractivity contribution < 1.29 is 9.59 Å². The Morgan fingerprint density at radius 1 is 1.07 bits per heavy atom. The standard InChI is InChI=1S/C27H42O2/c1-17(2)7-6-8-18(3)22-11-12-23-21-10-9-19-15-20(28)13-14-26(19,4)25(21)24(29)16-27(22,23)5/h10,17-19,22-23,25H,6-9,11-16H2,1-5H3/t18-,19+,22-,23+,25+,26+,27-/m1/s1. The maximum atomic E-state index is 13.7. The van der Waals surface area contributed by atoms with E-state index < -0.39 is 0 Å².